The van der Waals surface area contributed by atoms with Gasteiger partial charge in [-0.15, -0.1) is 5.10 Å². The van der Waals surface area contributed by atoms with Gasteiger partial charge in [-0.05, 0) is 48.5 Å². The van der Waals surface area contributed by atoms with Crippen LogP contribution < -0.4 is 10.9 Å². The number of benzene rings is 2. The number of rotatable bonds is 5. The van der Waals surface area contributed by atoms with Crippen molar-refractivity contribution in [3.63, 3.8) is 0 Å². The van der Waals surface area contributed by atoms with E-state index < -0.39 is 5.56 Å². The minimum absolute atomic E-state index is 0.0480. The molecule has 29 heavy (non-hydrogen) atoms. The van der Waals surface area contributed by atoms with E-state index in [1.54, 1.807) is 42.5 Å². The number of carbonyl (C=O) groups is 1. The standard InChI is InChI=1S/C19H13ClFN5O2S/c20-12-2-1-3-14(8-12)22-17(27)10-29-19-24-23-18(28)16-9-15(25-26(16)19)11-4-6-13(21)7-5-11/h1-9H,10H2,(H,22,27)(H,23,28). The van der Waals surface area contributed by atoms with Gasteiger partial charge in [-0.25, -0.2) is 14.0 Å². The first-order valence-corrected chi connectivity index (χ1v) is 9.78. The third-order valence-corrected chi connectivity index (χ3v) is 5.12. The molecule has 7 nitrogen and oxygen atoms in total. The minimum atomic E-state index is -0.418. The molecular formula is C19H13ClFN5O2S. The van der Waals surface area contributed by atoms with Crippen molar-refractivity contribution in [1.29, 1.82) is 0 Å². The molecule has 2 aromatic carbocycles. The lowest BCUT2D eigenvalue weighted by Gasteiger charge is -2.05. The molecule has 0 atom stereocenters. The highest BCUT2D eigenvalue weighted by atomic mass is 35.5. The van der Waals surface area contributed by atoms with Crippen LogP contribution in [0.3, 0.4) is 0 Å². The summed E-state index contributed by atoms with van der Waals surface area (Å²) in [5, 5.41) is 14.4. The van der Waals surface area contributed by atoms with Crippen molar-refractivity contribution in [2.24, 2.45) is 0 Å². The Balaban J connectivity index is 1.56. The summed E-state index contributed by atoms with van der Waals surface area (Å²) in [4.78, 5) is 24.3. The number of anilines is 1. The molecule has 0 saturated heterocycles. The number of fused-ring (bicyclic) bond motifs is 1. The van der Waals surface area contributed by atoms with Gasteiger partial charge in [0, 0.05) is 16.3 Å². The Hall–Kier alpha value is -3.17. The molecule has 146 valence electrons. The first kappa shape index (κ1) is 19.2. The monoisotopic (exact) mass is 429 g/mol. The third kappa shape index (κ3) is 4.30. The predicted octanol–water partition coefficient (Wildman–Crippen LogP) is 3.61. The van der Waals surface area contributed by atoms with Crippen LogP contribution in [0.15, 0.2) is 64.5 Å². The lowest BCUT2D eigenvalue weighted by atomic mass is 10.1. The number of halogens is 2. The maximum atomic E-state index is 13.2. The predicted molar refractivity (Wildman–Crippen MR) is 110 cm³/mol. The second-order valence-electron chi connectivity index (χ2n) is 6.02. The Bertz CT molecular complexity index is 1260. The summed E-state index contributed by atoms with van der Waals surface area (Å²) >= 11 is 7.03. The van der Waals surface area contributed by atoms with Gasteiger partial charge in [0.25, 0.3) is 5.56 Å². The lowest BCUT2D eigenvalue weighted by molar-refractivity contribution is -0.113. The van der Waals surface area contributed by atoms with Crippen molar-refractivity contribution in [3.05, 3.63) is 75.8 Å². The largest absolute Gasteiger partial charge is 0.325 e. The molecule has 2 N–H and O–H groups in total. The Morgan fingerprint density at radius 2 is 2.00 bits per heavy atom. The summed E-state index contributed by atoms with van der Waals surface area (Å²) in [5.41, 5.74) is 1.59. The lowest BCUT2D eigenvalue weighted by Crippen LogP contribution is -2.17. The Kier molecular flexibility index (Phi) is 5.32. The maximum absolute atomic E-state index is 13.2. The zero-order chi connectivity index (χ0) is 20.4. The number of amides is 1. The van der Waals surface area contributed by atoms with E-state index in [0.717, 1.165) is 11.8 Å². The van der Waals surface area contributed by atoms with Crippen molar-refractivity contribution in [2.75, 3.05) is 11.1 Å². The molecule has 4 rings (SSSR count). The summed E-state index contributed by atoms with van der Waals surface area (Å²) in [6.07, 6.45) is 0. The van der Waals surface area contributed by atoms with Gasteiger partial charge in [-0.1, -0.05) is 29.4 Å². The average Bonchev–Trinajstić information content (AvgIpc) is 3.14. The molecule has 0 fully saturated rings. The van der Waals surface area contributed by atoms with Crippen LogP contribution in [0.5, 0.6) is 0 Å². The SMILES string of the molecule is O=C(CSc1n[nH]c(=O)c2cc(-c3ccc(F)cc3)nn12)Nc1cccc(Cl)c1. The summed E-state index contributed by atoms with van der Waals surface area (Å²) in [7, 11) is 0. The Morgan fingerprint density at radius 3 is 2.76 bits per heavy atom. The van der Waals surface area contributed by atoms with Crippen molar-refractivity contribution >= 4 is 40.5 Å². The van der Waals surface area contributed by atoms with Crippen LogP contribution >= 0.6 is 23.4 Å². The Morgan fingerprint density at radius 1 is 1.21 bits per heavy atom. The number of carbonyl (C=O) groups excluding carboxylic acids is 1. The molecule has 2 aromatic heterocycles. The molecule has 0 radical (unpaired) electrons. The normalized spacial score (nSPS) is 11.0. The quantitative estimate of drug-likeness (QED) is 0.473. The van der Waals surface area contributed by atoms with Crippen LogP contribution in [0.25, 0.3) is 16.8 Å². The first-order chi connectivity index (χ1) is 14.0. The highest BCUT2D eigenvalue weighted by Crippen LogP contribution is 2.22. The number of nitrogens with zero attached hydrogens (tertiary/aromatic N) is 3. The van der Waals surface area contributed by atoms with Crippen molar-refractivity contribution in [3.8, 4) is 11.3 Å². The number of nitrogens with one attached hydrogen (secondary N) is 2. The molecule has 10 heteroatoms. The highest BCUT2D eigenvalue weighted by molar-refractivity contribution is 7.99. The number of hydrogen-bond donors (Lipinski definition) is 2. The van der Waals surface area contributed by atoms with E-state index in [9.17, 15) is 14.0 Å². The van der Waals surface area contributed by atoms with E-state index in [4.69, 9.17) is 11.6 Å². The highest BCUT2D eigenvalue weighted by Gasteiger charge is 2.14. The van der Waals surface area contributed by atoms with Crippen LogP contribution in [-0.2, 0) is 4.79 Å². The Labute approximate surface area is 172 Å². The third-order valence-electron chi connectivity index (χ3n) is 3.96. The summed E-state index contributed by atoms with van der Waals surface area (Å²) in [5.74, 6) is -0.574. The maximum Gasteiger partial charge on any atom is 0.290 e. The van der Waals surface area contributed by atoms with E-state index in [-0.39, 0.29) is 23.0 Å². The van der Waals surface area contributed by atoms with E-state index in [1.807, 2.05) is 0 Å². The molecule has 0 aliphatic carbocycles. The van der Waals surface area contributed by atoms with Gasteiger partial charge in [0.05, 0.1) is 11.4 Å². The van der Waals surface area contributed by atoms with Gasteiger partial charge >= 0.3 is 0 Å². The van der Waals surface area contributed by atoms with Crippen molar-refractivity contribution in [1.82, 2.24) is 19.8 Å². The van der Waals surface area contributed by atoms with Gasteiger partial charge in [0.2, 0.25) is 11.1 Å². The van der Waals surface area contributed by atoms with E-state index in [2.05, 4.69) is 20.6 Å². The van der Waals surface area contributed by atoms with Crippen LogP contribution in [-0.4, -0.2) is 31.5 Å². The molecule has 0 spiro atoms. The van der Waals surface area contributed by atoms with Crippen LogP contribution in [0.4, 0.5) is 10.1 Å². The number of hydrogen-bond acceptors (Lipinski definition) is 5. The van der Waals surface area contributed by atoms with E-state index in [1.165, 1.54) is 16.6 Å². The summed E-state index contributed by atoms with van der Waals surface area (Å²) < 4.78 is 14.5. The van der Waals surface area contributed by atoms with Gasteiger partial charge in [0.1, 0.15) is 11.3 Å². The summed E-state index contributed by atoms with van der Waals surface area (Å²) in [6.45, 7) is 0. The molecule has 0 saturated carbocycles. The van der Waals surface area contributed by atoms with E-state index in [0.29, 0.717) is 27.1 Å². The number of thioether (sulfide) groups is 1. The second-order valence-corrected chi connectivity index (χ2v) is 7.39. The molecule has 0 aliphatic rings. The van der Waals surface area contributed by atoms with Gasteiger partial charge in [0.15, 0.2) is 0 Å². The molecular weight excluding hydrogens is 417 g/mol. The van der Waals surface area contributed by atoms with Gasteiger partial charge in [-0.2, -0.15) is 5.10 Å². The van der Waals surface area contributed by atoms with Gasteiger partial charge in [-0.3, -0.25) is 9.59 Å². The van der Waals surface area contributed by atoms with E-state index >= 15 is 0 Å². The fraction of sp³-hybridized carbons (Fsp3) is 0.0526. The molecule has 4 aromatic rings. The fourth-order valence-corrected chi connectivity index (χ4v) is 3.53. The zero-order valence-electron chi connectivity index (χ0n) is 14.7. The molecule has 1 amide bonds. The van der Waals surface area contributed by atoms with Gasteiger partial charge < -0.3 is 5.32 Å². The molecule has 0 aliphatic heterocycles. The van der Waals surface area contributed by atoms with Crippen LogP contribution in [0.2, 0.25) is 5.02 Å². The van der Waals surface area contributed by atoms with Crippen molar-refractivity contribution < 1.29 is 9.18 Å². The second kappa shape index (κ2) is 8.06. The number of aromatic amines is 1. The van der Waals surface area contributed by atoms with Crippen LogP contribution in [0.1, 0.15) is 0 Å². The molecule has 0 unspecified atom stereocenters. The number of H-pyrrole nitrogens is 1. The fourth-order valence-electron chi connectivity index (χ4n) is 2.64. The molecule has 2 heterocycles. The molecule has 0 bridgehead atoms. The van der Waals surface area contributed by atoms with Crippen LogP contribution in [0, 0.1) is 5.82 Å². The first-order valence-electron chi connectivity index (χ1n) is 8.42. The topological polar surface area (TPSA) is 92.2 Å². The summed E-state index contributed by atoms with van der Waals surface area (Å²) in [6, 6.07) is 14.2. The smallest absolute Gasteiger partial charge is 0.290 e. The minimum Gasteiger partial charge on any atom is -0.325 e. The zero-order valence-corrected chi connectivity index (χ0v) is 16.3. The average molecular weight is 430 g/mol. The number of aromatic nitrogens is 4. The van der Waals surface area contributed by atoms with Crippen molar-refractivity contribution in [2.45, 2.75) is 5.16 Å².